The summed E-state index contributed by atoms with van der Waals surface area (Å²) in [6.07, 6.45) is 5.76. The quantitative estimate of drug-likeness (QED) is 0.786. The third-order valence-electron chi connectivity index (χ3n) is 3.72. The van der Waals surface area contributed by atoms with Gasteiger partial charge >= 0.3 is 0 Å². The van der Waals surface area contributed by atoms with Gasteiger partial charge in [-0.05, 0) is 30.4 Å². The Balaban J connectivity index is 1.62. The van der Waals surface area contributed by atoms with E-state index >= 15 is 0 Å². The molecule has 1 fully saturated rings. The molecule has 22 heavy (non-hydrogen) atoms. The lowest BCUT2D eigenvalue weighted by molar-refractivity contribution is -0.113. The minimum atomic E-state index is -0.128. The molecule has 3 rings (SSSR count). The number of carbonyl (C=O) groups is 1. The Morgan fingerprint density at radius 1 is 1.14 bits per heavy atom. The maximum atomic E-state index is 12.0. The second-order valence-electron chi connectivity index (χ2n) is 5.39. The Morgan fingerprint density at radius 3 is 2.59 bits per heavy atom. The van der Waals surface area contributed by atoms with Crippen molar-refractivity contribution in [3.8, 4) is 0 Å². The summed E-state index contributed by atoms with van der Waals surface area (Å²) in [5.41, 5.74) is 1.12. The van der Waals surface area contributed by atoms with E-state index in [9.17, 15) is 4.79 Å². The van der Waals surface area contributed by atoms with E-state index < -0.39 is 0 Å². The molecule has 4 nitrogen and oxygen atoms in total. The first kappa shape index (κ1) is 15.1. The highest BCUT2D eigenvalue weighted by atomic mass is 32.2. The second-order valence-corrected chi connectivity index (χ2v) is 6.40. The first-order valence-corrected chi connectivity index (χ1v) is 8.22. The predicted octanol–water partition coefficient (Wildman–Crippen LogP) is 2.46. The van der Waals surface area contributed by atoms with Crippen molar-refractivity contribution in [2.24, 2.45) is 4.99 Å². The van der Waals surface area contributed by atoms with E-state index in [1.54, 1.807) is 0 Å². The molecule has 1 saturated heterocycles. The summed E-state index contributed by atoms with van der Waals surface area (Å²) >= 11 is 1.48. The van der Waals surface area contributed by atoms with Crippen LogP contribution >= 0.6 is 11.8 Å². The molecule has 2 heterocycles. The van der Waals surface area contributed by atoms with Gasteiger partial charge in [-0.15, -0.1) is 0 Å². The number of amidine groups is 1. The predicted molar refractivity (Wildman–Crippen MR) is 92.7 cm³/mol. The van der Waals surface area contributed by atoms with Gasteiger partial charge in [-0.25, -0.2) is 0 Å². The molecule has 114 valence electrons. The summed E-state index contributed by atoms with van der Waals surface area (Å²) in [5, 5.41) is 0.845. The molecule has 1 aromatic rings. The zero-order valence-corrected chi connectivity index (χ0v) is 13.4. The van der Waals surface area contributed by atoms with Crippen molar-refractivity contribution < 1.29 is 4.79 Å². The number of hydrogen-bond acceptors (Lipinski definition) is 4. The topological polar surface area (TPSA) is 35.9 Å². The van der Waals surface area contributed by atoms with E-state index in [2.05, 4.69) is 21.8 Å². The number of piperazine rings is 1. The summed E-state index contributed by atoms with van der Waals surface area (Å²) in [7, 11) is 2.12. The molecule has 0 radical (unpaired) electrons. The summed E-state index contributed by atoms with van der Waals surface area (Å²) in [4.78, 5) is 21.4. The van der Waals surface area contributed by atoms with Gasteiger partial charge in [-0.3, -0.25) is 4.79 Å². The Bertz CT molecular complexity index is 629. The van der Waals surface area contributed by atoms with Crippen LogP contribution in [0.15, 0.2) is 52.4 Å². The fourth-order valence-electron chi connectivity index (χ4n) is 2.36. The van der Waals surface area contributed by atoms with Crippen molar-refractivity contribution in [2.45, 2.75) is 0 Å². The molecule has 2 aliphatic rings. The number of aliphatic imine (C=N–C) groups is 1. The van der Waals surface area contributed by atoms with Gasteiger partial charge in [0.1, 0.15) is 0 Å². The second kappa shape index (κ2) is 6.94. The fraction of sp³-hybridized carbons (Fsp3) is 0.294. The van der Waals surface area contributed by atoms with Crippen molar-refractivity contribution >= 4 is 28.9 Å². The smallest absolute Gasteiger partial charge is 0.286 e. The Morgan fingerprint density at radius 2 is 1.86 bits per heavy atom. The van der Waals surface area contributed by atoms with Gasteiger partial charge in [0, 0.05) is 26.2 Å². The van der Waals surface area contributed by atoms with Gasteiger partial charge < -0.3 is 9.80 Å². The number of thioether (sulfide) groups is 1. The van der Waals surface area contributed by atoms with Gasteiger partial charge in [0.05, 0.1) is 4.91 Å². The molecule has 2 aliphatic heterocycles. The molecule has 0 spiro atoms. The van der Waals surface area contributed by atoms with Gasteiger partial charge in [0.15, 0.2) is 5.17 Å². The third kappa shape index (κ3) is 3.67. The standard InChI is InChI=1S/C17H19N3OS/c1-19-10-12-20(13-11-19)17-18-16(21)15(22-17)9-5-8-14-6-3-2-4-7-14/h2-9H,10-13H2,1H3/b8-5-,15-9+. The zero-order chi connectivity index (χ0) is 15.4. The molecule has 1 amide bonds. The van der Waals surface area contributed by atoms with E-state index in [-0.39, 0.29) is 5.91 Å². The molecule has 0 N–H and O–H groups in total. The van der Waals surface area contributed by atoms with Crippen molar-refractivity contribution in [1.82, 2.24) is 9.80 Å². The normalized spacial score (nSPS) is 21.9. The summed E-state index contributed by atoms with van der Waals surface area (Å²) in [6.45, 7) is 3.90. The van der Waals surface area contributed by atoms with Crippen LogP contribution in [0.1, 0.15) is 5.56 Å². The lowest BCUT2D eigenvalue weighted by Crippen LogP contribution is -2.46. The van der Waals surface area contributed by atoms with Crippen LogP contribution in [0.2, 0.25) is 0 Å². The highest BCUT2D eigenvalue weighted by Crippen LogP contribution is 2.28. The average Bonchev–Trinajstić information content (AvgIpc) is 2.90. The van der Waals surface area contributed by atoms with Crippen LogP contribution in [0.5, 0.6) is 0 Å². The van der Waals surface area contributed by atoms with Crippen LogP contribution in [0.25, 0.3) is 6.08 Å². The molecule has 1 aromatic carbocycles. The Kier molecular flexibility index (Phi) is 4.75. The molecule has 0 saturated carbocycles. The molecule has 0 bridgehead atoms. The lowest BCUT2D eigenvalue weighted by atomic mass is 10.2. The third-order valence-corrected chi connectivity index (χ3v) is 4.78. The summed E-state index contributed by atoms with van der Waals surface area (Å²) in [5.74, 6) is -0.128. The Hall–Kier alpha value is -1.85. The maximum absolute atomic E-state index is 12.0. The first-order valence-electron chi connectivity index (χ1n) is 7.40. The van der Waals surface area contributed by atoms with Crippen LogP contribution in [0.3, 0.4) is 0 Å². The van der Waals surface area contributed by atoms with Crippen LogP contribution in [0.4, 0.5) is 0 Å². The first-order chi connectivity index (χ1) is 10.7. The number of likely N-dealkylation sites (N-methyl/N-ethyl adjacent to an activating group) is 1. The van der Waals surface area contributed by atoms with Crippen molar-refractivity contribution in [3.05, 3.63) is 53.0 Å². The zero-order valence-electron chi connectivity index (χ0n) is 12.6. The van der Waals surface area contributed by atoms with Gasteiger partial charge in [-0.2, -0.15) is 4.99 Å². The van der Waals surface area contributed by atoms with E-state index in [4.69, 9.17) is 0 Å². The maximum Gasteiger partial charge on any atom is 0.286 e. The van der Waals surface area contributed by atoms with Gasteiger partial charge in [-0.1, -0.05) is 42.5 Å². The van der Waals surface area contributed by atoms with Crippen LogP contribution in [-0.4, -0.2) is 54.1 Å². The van der Waals surface area contributed by atoms with Crippen LogP contribution in [0, 0.1) is 0 Å². The highest BCUT2D eigenvalue weighted by molar-refractivity contribution is 8.18. The molecule has 5 heteroatoms. The number of rotatable bonds is 2. The number of carbonyl (C=O) groups excluding carboxylic acids is 1. The lowest BCUT2D eigenvalue weighted by Gasteiger charge is -2.32. The SMILES string of the molecule is CN1CCN(C2=NC(=O)/C(=C\C=C/c3ccccc3)S2)CC1. The van der Waals surface area contributed by atoms with E-state index in [1.807, 2.05) is 48.6 Å². The van der Waals surface area contributed by atoms with Gasteiger partial charge in [0.2, 0.25) is 0 Å². The summed E-state index contributed by atoms with van der Waals surface area (Å²) in [6, 6.07) is 10.0. The largest absolute Gasteiger partial charge is 0.348 e. The van der Waals surface area contributed by atoms with Crippen molar-refractivity contribution in [3.63, 3.8) is 0 Å². The highest BCUT2D eigenvalue weighted by Gasteiger charge is 2.27. The average molecular weight is 313 g/mol. The minimum Gasteiger partial charge on any atom is -0.348 e. The summed E-state index contributed by atoms with van der Waals surface area (Å²) < 4.78 is 0. The molecular formula is C17H19N3OS. The van der Waals surface area contributed by atoms with E-state index in [0.29, 0.717) is 4.91 Å². The fourth-order valence-corrected chi connectivity index (χ4v) is 3.27. The number of hydrogen-bond donors (Lipinski definition) is 0. The minimum absolute atomic E-state index is 0.128. The van der Waals surface area contributed by atoms with Crippen LogP contribution in [-0.2, 0) is 4.79 Å². The number of allylic oxidation sites excluding steroid dienone is 2. The van der Waals surface area contributed by atoms with Crippen LogP contribution < -0.4 is 0 Å². The van der Waals surface area contributed by atoms with E-state index in [1.165, 1.54) is 11.8 Å². The monoisotopic (exact) mass is 313 g/mol. The van der Waals surface area contributed by atoms with Crippen molar-refractivity contribution in [1.29, 1.82) is 0 Å². The van der Waals surface area contributed by atoms with E-state index in [0.717, 1.165) is 36.9 Å². The molecular weight excluding hydrogens is 294 g/mol. The number of nitrogens with zero attached hydrogens (tertiary/aromatic N) is 3. The molecule has 0 unspecified atom stereocenters. The number of amides is 1. The molecule has 0 aromatic heterocycles. The number of benzene rings is 1. The van der Waals surface area contributed by atoms with Crippen molar-refractivity contribution in [2.75, 3.05) is 33.2 Å². The Labute approximate surface area is 135 Å². The molecule has 0 atom stereocenters. The molecule has 0 aliphatic carbocycles. The van der Waals surface area contributed by atoms with Gasteiger partial charge in [0.25, 0.3) is 5.91 Å².